The number of nitrogens with zero attached hydrogens (tertiary/aromatic N) is 1. The molecule has 1 fully saturated rings. The summed E-state index contributed by atoms with van der Waals surface area (Å²) in [6.07, 6.45) is 2.96. The van der Waals surface area contributed by atoms with E-state index in [9.17, 15) is 9.18 Å². The van der Waals surface area contributed by atoms with Crippen molar-refractivity contribution in [3.63, 3.8) is 0 Å². The summed E-state index contributed by atoms with van der Waals surface area (Å²) < 4.78 is 13.0. The summed E-state index contributed by atoms with van der Waals surface area (Å²) in [6.45, 7) is 4.35. The summed E-state index contributed by atoms with van der Waals surface area (Å²) in [5.74, 6) is -0.0320. The predicted octanol–water partition coefficient (Wildman–Crippen LogP) is 1.97. The largest absolute Gasteiger partial charge is 0.341 e. The quantitative estimate of drug-likeness (QED) is 0.882. The van der Waals surface area contributed by atoms with Gasteiger partial charge in [-0.1, -0.05) is 12.1 Å². The minimum Gasteiger partial charge on any atom is -0.341 e. The molecule has 1 heterocycles. The van der Waals surface area contributed by atoms with E-state index < -0.39 is 0 Å². The first kappa shape index (κ1) is 14.0. The molecule has 1 amide bonds. The standard InChI is InChI=1S/C15H21FN2O/c1-12(15(19)18-9-2-3-10-18)17-8-7-13-5-4-6-14(16)11-13/h4-6,11-12,17H,2-3,7-10H2,1H3. The van der Waals surface area contributed by atoms with Gasteiger partial charge in [0.2, 0.25) is 5.91 Å². The van der Waals surface area contributed by atoms with Crippen LogP contribution in [-0.4, -0.2) is 36.5 Å². The van der Waals surface area contributed by atoms with Crippen molar-refractivity contribution in [1.29, 1.82) is 0 Å². The number of hydrogen-bond donors (Lipinski definition) is 1. The average molecular weight is 264 g/mol. The van der Waals surface area contributed by atoms with Gasteiger partial charge in [0.25, 0.3) is 0 Å². The van der Waals surface area contributed by atoms with E-state index in [-0.39, 0.29) is 17.8 Å². The third kappa shape index (κ3) is 4.03. The maximum Gasteiger partial charge on any atom is 0.239 e. The number of rotatable bonds is 5. The molecule has 1 aliphatic rings. The summed E-state index contributed by atoms with van der Waals surface area (Å²) in [6, 6.07) is 6.43. The Kier molecular flexibility index (Phi) is 4.91. The summed E-state index contributed by atoms with van der Waals surface area (Å²) in [5.41, 5.74) is 0.952. The monoisotopic (exact) mass is 264 g/mol. The maximum atomic E-state index is 13.0. The molecule has 1 saturated heterocycles. The van der Waals surface area contributed by atoms with Crippen LogP contribution in [0.15, 0.2) is 24.3 Å². The van der Waals surface area contributed by atoms with E-state index in [1.807, 2.05) is 17.9 Å². The highest BCUT2D eigenvalue weighted by Gasteiger charge is 2.22. The highest BCUT2D eigenvalue weighted by molar-refractivity contribution is 5.81. The fraction of sp³-hybridized carbons (Fsp3) is 0.533. The van der Waals surface area contributed by atoms with E-state index in [0.29, 0.717) is 6.54 Å². The van der Waals surface area contributed by atoms with Gasteiger partial charge in [0.15, 0.2) is 0 Å². The molecule has 0 aromatic heterocycles. The van der Waals surface area contributed by atoms with Gasteiger partial charge >= 0.3 is 0 Å². The van der Waals surface area contributed by atoms with E-state index in [1.54, 1.807) is 6.07 Å². The van der Waals surface area contributed by atoms with Gasteiger partial charge in [-0.15, -0.1) is 0 Å². The zero-order valence-electron chi connectivity index (χ0n) is 11.4. The molecule has 0 bridgehead atoms. The Morgan fingerprint density at radius 1 is 1.42 bits per heavy atom. The topological polar surface area (TPSA) is 32.3 Å². The fourth-order valence-electron chi connectivity index (χ4n) is 2.42. The Hall–Kier alpha value is -1.42. The van der Waals surface area contributed by atoms with Gasteiger partial charge < -0.3 is 10.2 Å². The van der Waals surface area contributed by atoms with Gasteiger partial charge in [-0.25, -0.2) is 4.39 Å². The van der Waals surface area contributed by atoms with Gasteiger partial charge in [0.1, 0.15) is 5.82 Å². The number of benzene rings is 1. The summed E-state index contributed by atoms with van der Waals surface area (Å²) in [4.78, 5) is 14.0. The summed E-state index contributed by atoms with van der Waals surface area (Å²) in [7, 11) is 0. The first-order chi connectivity index (χ1) is 9.16. The van der Waals surface area contributed by atoms with E-state index in [4.69, 9.17) is 0 Å². The van der Waals surface area contributed by atoms with E-state index >= 15 is 0 Å². The van der Waals surface area contributed by atoms with Crippen molar-refractivity contribution in [2.75, 3.05) is 19.6 Å². The van der Waals surface area contributed by atoms with Crippen LogP contribution in [0.4, 0.5) is 4.39 Å². The average Bonchev–Trinajstić information content (AvgIpc) is 2.91. The Bertz CT molecular complexity index is 430. The van der Waals surface area contributed by atoms with Gasteiger partial charge in [0, 0.05) is 13.1 Å². The second kappa shape index (κ2) is 6.66. The van der Waals surface area contributed by atoms with Crippen LogP contribution in [0.1, 0.15) is 25.3 Å². The van der Waals surface area contributed by atoms with Crippen LogP contribution in [0.5, 0.6) is 0 Å². The molecule has 0 spiro atoms. The number of hydrogen-bond acceptors (Lipinski definition) is 2. The molecule has 0 radical (unpaired) electrons. The van der Waals surface area contributed by atoms with Crippen LogP contribution in [0.2, 0.25) is 0 Å². The van der Waals surface area contributed by atoms with Crippen molar-refractivity contribution < 1.29 is 9.18 Å². The van der Waals surface area contributed by atoms with Crippen molar-refractivity contribution in [3.05, 3.63) is 35.6 Å². The van der Waals surface area contributed by atoms with Crippen LogP contribution in [0, 0.1) is 5.82 Å². The molecular formula is C15H21FN2O. The lowest BCUT2D eigenvalue weighted by atomic mass is 10.1. The molecule has 0 aliphatic carbocycles. The zero-order valence-corrected chi connectivity index (χ0v) is 11.4. The molecule has 2 rings (SSSR count). The molecule has 104 valence electrons. The van der Waals surface area contributed by atoms with Crippen molar-refractivity contribution in [1.82, 2.24) is 10.2 Å². The molecule has 1 unspecified atom stereocenters. The normalized spacial score (nSPS) is 16.6. The second-order valence-electron chi connectivity index (χ2n) is 5.09. The molecule has 19 heavy (non-hydrogen) atoms. The first-order valence-corrected chi connectivity index (χ1v) is 6.93. The Labute approximate surface area is 113 Å². The number of carbonyl (C=O) groups is 1. The van der Waals surface area contributed by atoms with Gasteiger partial charge in [-0.05, 0) is 50.4 Å². The fourth-order valence-corrected chi connectivity index (χ4v) is 2.42. The highest BCUT2D eigenvalue weighted by atomic mass is 19.1. The summed E-state index contributed by atoms with van der Waals surface area (Å²) >= 11 is 0. The number of halogens is 1. The van der Waals surface area contributed by atoms with Gasteiger partial charge in [0.05, 0.1) is 6.04 Å². The van der Waals surface area contributed by atoms with Crippen LogP contribution in [-0.2, 0) is 11.2 Å². The minimum atomic E-state index is -0.210. The molecule has 4 heteroatoms. The van der Waals surface area contributed by atoms with Crippen LogP contribution in [0.3, 0.4) is 0 Å². The molecule has 1 atom stereocenters. The number of amides is 1. The second-order valence-corrected chi connectivity index (χ2v) is 5.09. The predicted molar refractivity (Wildman–Crippen MR) is 73.4 cm³/mol. The van der Waals surface area contributed by atoms with Crippen LogP contribution in [0.25, 0.3) is 0 Å². The smallest absolute Gasteiger partial charge is 0.239 e. The Morgan fingerprint density at radius 3 is 2.84 bits per heavy atom. The third-order valence-electron chi connectivity index (χ3n) is 3.54. The molecule has 1 aromatic carbocycles. The molecule has 3 nitrogen and oxygen atoms in total. The van der Waals surface area contributed by atoms with E-state index in [0.717, 1.165) is 37.9 Å². The van der Waals surface area contributed by atoms with Crippen molar-refractivity contribution in [2.24, 2.45) is 0 Å². The molecule has 1 N–H and O–H groups in total. The number of carbonyl (C=O) groups excluding carboxylic acids is 1. The van der Waals surface area contributed by atoms with E-state index in [2.05, 4.69) is 5.32 Å². The first-order valence-electron chi connectivity index (χ1n) is 6.93. The van der Waals surface area contributed by atoms with Gasteiger partial charge in [-0.2, -0.15) is 0 Å². The SMILES string of the molecule is CC(NCCc1cccc(F)c1)C(=O)N1CCCC1. The number of likely N-dealkylation sites (tertiary alicyclic amines) is 1. The van der Waals surface area contributed by atoms with Crippen LogP contribution < -0.4 is 5.32 Å². The van der Waals surface area contributed by atoms with Gasteiger partial charge in [-0.3, -0.25) is 4.79 Å². The highest BCUT2D eigenvalue weighted by Crippen LogP contribution is 2.09. The molecule has 1 aromatic rings. The number of nitrogens with one attached hydrogen (secondary N) is 1. The Morgan fingerprint density at radius 2 is 2.16 bits per heavy atom. The molecule has 0 saturated carbocycles. The van der Waals surface area contributed by atoms with Crippen molar-refractivity contribution in [2.45, 2.75) is 32.2 Å². The lowest BCUT2D eigenvalue weighted by molar-refractivity contribution is -0.131. The summed E-state index contributed by atoms with van der Waals surface area (Å²) in [5, 5.41) is 3.21. The molecular weight excluding hydrogens is 243 g/mol. The zero-order chi connectivity index (χ0) is 13.7. The third-order valence-corrected chi connectivity index (χ3v) is 3.54. The van der Waals surface area contributed by atoms with Crippen LogP contribution >= 0.6 is 0 Å². The maximum absolute atomic E-state index is 13.0. The Balaban J connectivity index is 1.74. The van der Waals surface area contributed by atoms with E-state index in [1.165, 1.54) is 12.1 Å². The molecule has 1 aliphatic heterocycles. The van der Waals surface area contributed by atoms with Crippen molar-refractivity contribution >= 4 is 5.91 Å². The lowest BCUT2D eigenvalue weighted by Gasteiger charge is -2.21. The lowest BCUT2D eigenvalue weighted by Crippen LogP contribution is -2.44. The minimum absolute atomic E-state index is 0.161. The van der Waals surface area contributed by atoms with Crippen molar-refractivity contribution in [3.8, 4) is 0 Å².